The molecule has 0 spiro atoms. The van der Waals surface area contributed by atoms with Crippen LogP contribution in [0.3, 0.4) is 0 Å². The molecule has 0 aliphatic carbocycles. The van der Waals surface area contributed by atoms with Crippen LogP contribution >= 0.6 is 0 Å². The van der Waals surface area contributed by atoms with Gasteiger partial charge in [0.1, 0.15) is 5.82 Å². The quantitative estimate of drug-likeness (QED) is 0.534. The molecule has 33 heavy (non-hydrogen) atoms. The fourth-order valence-electron chi connectivity index (χ4n) is 3.90. The highest BCUT2D eigenvalue weighted by Gasteiger charge is 2.30. The summed E-state index contributed by atoms with van der Waals surface area (Å²) in [6.07, 6.45) is 2.65. The smallest absolute Gasteiger partial charge is 0.335 e. The van der Waals surface area contributed by atoms with E-state index in [9.17, 15) is 23.5 Å². The molecule has 3 rings (SSSR count). The predicted octanol–water partition coefficient (Wildman–Crippen LogP) is 4.63. The first kappa shape index (κ1) is 24.5. The fourth-order valence-corrected chi connectivity index (χ4v) is 3.90. The Hall–Kier alpha value is -3.16. The second kappa shape index (κ2) is 10.6. The van der Waals surface area contributed by atoms with Crippen LogP contribution in [0.4, 0.5) is 14.5 Å². The highest BCUT2D eigenvalue weighted by atomic mass is 19.1. The van der Waals surface area contributed by atoms with Crippen molar-refractivity contribution < 1.29 is 28.2 Å². The van der Waals surface area contributed by atoms with Crippen molar-refractivity contribution in [1.82, 2.24) is 5.32 Å². The van der Waals surface area contributed by atoms with Gasteiger partial charge in [-0.25, -0.2) is 13.6 Å². The summed E-state index contributed by atoms with van der Waals surface area (Å²) in [5, 5.41) is 12.3. The minimum Gasteiger partial charge on any atom is -0.491 e. The van der Waals surface area contributed by atoms with E-state index in [4.69, 9.17) is 4.74 Å². The predicted molar refractivity (Wildman–Crippen MR) is 122 cm³/mol. The molecule has 2 N–H and O–H groups in total. The van der Waals surface area contributed by atoms with Gasteiger partial charge in [-0.1, -0.05) is 19.9 Å². The number of aromatic carboxylic acids is 1. The Balaban J connectivity index is 1.42. The number of nitrogens with zero attached hydrogens (tertiary/aromatic N) is 1. The van der Waals surface area contributed by atoms with Crippen LogP contribution in [0.25, 0.3) is 0 Å². The summed E-state index contributed by atoms with van der Waals surface area (Å²) in [5.74, 6) is -2.39. The number of anilines is 1. The second-order valence-electron chi connectivity index (χ2n) is 9.00. The number of benzene rings is 2. The average Bonchev–Trinajstić information content (AvgIpc) is 2.78. The maximum atomic E-state index is 13.6. The summed E-state index contributed by atoms with van der Waals surface area (Å²) in [5.41, 5.74) is 0.519. The maximum Gasteiger partial charge on any atom is 0.335 e. The molecule has 1 saturated heterocycles. The van der Waals surface area contributed by atoms with Crippen molar-refractivity contribution >= 4 is 17.6 Å². The minimum absolute atomic E-state index is 0.000640. The second-order valence-corrected chi connectivity index (χ2v) is 9.00. The molecule has 1 fully saturated rings. The molecular weight excluding hydrogens is 430 g/mol. The van der Waals surface area contributed by atoms with Gasteiger partial charge in [0, 0.05) is 36.3 Å². The number of carbonyl (C=O) groups is 2. The van der Waals surface area contributed by atoms with E-state index in [0.29, 0.717) is 12.8 Å². The van der Waals surface area contributed by atoms with Crippen molar-refractivity contribution in [2.24, 2.45) is 5.41 Å². The van der Waals surface area contributed by atoms with Gasteiger partial charge < -0.3 is 20.1 Å². The number of hydrogen-bond donors (Lipinski definition) is 2. The zero-order valence-electron chi connectivity index (χ0n) is 18.9. The molecule has 1 aliphatic rings. The lowest BCUT2D eigenvalue weighted by Crippen LogP contribution is -2.48. The Labute approximate surface area is 192 Å². The lowest BCUT2D eigenvalue weighted by atomic mass is 9.86. The Morgan fingerprint density at radius 1 is 1.15 bits per heavy atom. The molecule has 2 aromatic carbocycles. The number of amides is 1. The van der Waals surface area contributed by atoms with Gasteiger partial charge in [-0.05, 0) is 56.0 Å². The first-order chi connectivity index (χ1) is 15.7. The molecule has 178 valence electrons. The van der Waals surface area contributed by atoms with Crippen LogP contribution in [-0.2, 0) is 4.79 Å². The van der Waals surface area contributed by atoms with E-state index in [-0.39, 0.29) is 29.9 Å². The van der Waals surface area contributed by atoms with E-state index in [1.807, 2.05) is 19.9 Å². The zero-order chi connectivity index (χ0) is 24.0. The van der Waals surface area contributed by atoms with Gasteiger partial charge in [-0.2, -0.15) is 0 Å². The summed E-state index contributed by atoms with van der Waals surface area (Å²) in [7, 11) is 0. The molecule has 0 unspecified atom stereocenters. The van der Waals surface area contributed by atoms with E-state index in [0.717, 1.165) is 43.8 Å². The third-order valence-electron chi connectivity index (χ3n) is 6.00. The lowest BCUT2D eigenvalue weighted by molar-refractivity contribution is -0.130. The van der Waals surface area contributed by atoms with Crippen LogP contribution < -0.4 is 15.0 Å². The number of carboxylic acids is 1. The molecule has 1 heterocycles. The molecule has 8 heteroatoms. The van der Waals surface area contributed by atoms with Crippen LogP contribution in [-0.4, -0.2) is 42.7 Å². The minimum atomic E-state index is -0.950. The van der Waals surface area contributed by atoms with Crippen LogP contribution in [0, 0.1) is 17.0 Å². The van der Waals surface area contributed by atoms with E-state index in [1.54, 1.807) is 18.2 Å². The van der Waals surface area contributed by atoms with Gasteiger partial charge in [0.2, 0.25) is 5.91 Å². The van der Waals surface area contributed by atoms with Crippen molar-refractivity contribution in [2.75, 3.05) is 24.6 Å². The largest absolute Gasteiger partial charge is 0.491 e. The molecule has 0 atom stereocenters. The van der Waals surface area contributed by atoms with Gasteiger partial charge in [-0.3, -0.25) is 4.79 Å². The molecule has 0 saturated carbocycles. The van der Waals surface area contributed by atoms with Gasteiger partial charge in [0.25, 0.3) is 0 Å². The van der Waals surface area contributed by atoms with Crippen molar-refractivity contribution in [1.29, 1.82) is 0 Å². The number of nitrogens with one attached hydrogen (secondary N) is 1. The standard InChI is InChI=1S/C25H30F2N2O4/c1-25(2,11-4-14-33-22-8-7-18(26)16-21(22)27)24(32)28-19-9-12-29(13-10-19)20-6-3-5-17(15-20)23(30)31/h3,5-8,15-16,19H,4,9-14H2,1-2H3,(H,28,32)(H,30,31). The summed E-state index contributed by atoms with van der Waals surface area (Å²) in [6, 6.07) is 10.1. The first-order valence-electron chi connectivity index (χ1n) is 11.1. The van der Waals surface area contributed by atoms with Crippen molar-refractivity contribution in [2.45, 2.75) is 45.6 Å². The summed E-state index contributed by atoms with van der Waals surface area (Å²) >= 11 is 0. The molecule has 6 nitrogen and oxygen atoms in total. The van der Waals surface area contributed by atoms with Crippen LogP contribution in [0.5, 0.6) is 5.75 Å². The summed E-state index contributed by atoms with van der Waals surface area (Å²) < 4.78 is 32.0. The molecular formula is C25H30F2N2O4. The number of carbonyl (C=O) groups excluding carboxylic acids is 1. The Kier molecular flexibility index (Phi) is 7.89. The van der Waals surface area contributed by atoms with Gasteiger partial charge in [-0.15, -0.1) is 0 Å². The molecule has 2 aromatic rings. The van der Waals surface area contributed by atoms with Crippen LogP contribution in [0.15, 0.2) is 42.5 Å². The molecule has 1 aliphatic heterocycles. The van der Waals surface area contributed by atoms with Gasteiger partial charge >= 0.3 is 5.97 Å². The Bertz CT molecular complexity index is 988. The van der Waals surface area contributed by atoms with Crippen molar-refractivity contribution in [3.8, 4) is 5.75 Å². The molecule has 1 amide bonds. The number of carboxylic acid groups (broad SMARTS) is 1. The SMILES string of the molecule is CC(C)(CCCOc1ccc(F)cc1F)C(=O)NC1CCN(c2cccc(C(=O)O)c2)CC1. The molecule has 0 bridgehead atoms. The van der Waals surface area contributed by atoms with E-state index < -0.39 is 23.0 Å². The van der Waals surface area contributed by atoms with E-state index in [2.05, 4.69) is 10.2 Å². The number of hydrogen-bond acceptors (Lipinski definition) is 4. The van der Waals surface area contributed by atoms with Gasteiger partial charge in [0.15, 0.2) is 11.6 Å². The van der Waals surface area contributed by atoms with Gasteiger partial charge in [0.05, 0.1) is 12.2 Å². The van der Waals surface area contributed by atoms with Crippen molar-refractivity contribution in [3.63, 3.8) is 0 Å². The van der Waals surface area contributed by atoms with E-state index in [1.165, 1.54) is 6.07 Å². The topological polar surface area (TPSA) is 78.9 Å². The third-order valence-corrected chi connectivity index (χ3v) is 6.00. The fraction of sp³-hybridized carbons (Fsp3) is 0.440. The normalized spacial score (nSPS) is 14.7. The summed E-state index contributed by atoms with van der Waals surface area (Å²) in [6.45, 7) is 5.42. The highest BCUT2D eigenvalue weighted by Crippen LogP contribution is 2.26. The molecule has 0 radical (unpaired) electrons. The highest BCUT2D eigenvalue weighted by molar-refractivity contribution is 5.88. The average molecular weight is 461 g/mol. The lowest BCUT2D eigenvalue weighted by Gasteiger charge is -2.35. The summed E-state index contributed by atoms with van der Waals surface area (Å²) in [4.78, 5) is 26.2. The van der Waals surface area contributed by atoms with Crippen molar-refractivity contribution in [3.05, 3.63) is 59.7 Å². The number of rotatable bonds is 9. The number of halogens is 2. The van der Waals surface area contributed by atoms with Crippen LogP contribution in [0.1, 0.15) is 49.9 Å². The third kappa shape index (κ3) is 6.66. The van der Waals surface area contributed by atoms with Crippen LogP contribution in [0.2, 0.25) is 0 Å². The zero-order valence-corrected chi connectivity index (χ0v) is 18.9. The first-order valence-corrected chi connectivity index (χ1v) is 11.1. The maximum absolute atomic E-state index is 13.6. The Morgan fingerprint density at radius 3 is 2.55 bits per heavy atom. The Morgan fingerprint density at radius 2 is 1.88 bits per heavy atom. The number of ether oxygens (including phenoxy) is 1. The number of piperidine rings is 1. The molecule has 0 aromatic heterocycles. The van der Waals surface area contributed by atoms with E-state index >= 15 is 0 Å². The monoisotopic (exact) mass is 460 g/mol.